The minimum Gasteiger partial charge on any atom is -0.391 e. The van der Waals surface area contributed by atoms with Gasteiger partial charge >= 0.3 is 11.8 Å². The number of carbonyl (C=O) groups is 2. The van der Waals surface area contributed by atoms with Gasteiger partial charge in [-0.15, -0.1) is 0 Å². The van der Waals surface area contributed by atoms with Crippen LogP contribution in [0, 0.1) is 12.8 Å². The van der Waals surface area contributed by atoms with Gasteiger partial charge in [-0.3, -0.25) is 9.59 Å². The maximum Gasteiger partial charge on any atom is 0.313 e. The fraction of sp³-hybridized carbons (Fsp3) is 0.529. The molecule has 0 aliphatic heterocycles. The normalized spacial score (nSPS) is 16.7. The molecule has 0 saturated heterocycles. The van der Waals surface area contributed by atoms with Crippen LogP contribution in [0.3, 0.4) is 0 Å². The summed E-state index contributed by atoms with van der Waals surface area (Å²) in [6.07, 6.45) is 4.79. The summed E-state index contributed by atoms with van der Waals surface area (Å²) in [6, 6.07) is 5.05. The van der Waals surface area contributed by atoms with E-state index in [0.717, 1.165) is 31.2 Å². The number of amides is 2. The van der Waals surface area contributed by atoms with Crippen LogP contribution in [0.1, 0.15) is 37.7 Å². The predicted octanol–water partition coefficient (Wildman–Crippen LogP) is 2.64. The van der Waals surface area contributed by atoms with E-state index in [1.165, 1.54) is 6.42 Å². The molecular weight excluding hydrogens is 316 g/mol. The minimum atomic E-state index is -0.763. The van der Waals surface area contributed by atoms with E-state index in [0.29, 0.717) is 10.7 Å². The second-order valence-electron chi connectivity index (χ2n) is 6.09. The van der Waals surface area contributed by atoms with Crippen molar-refractivity contribution in [2.24, 2.45) is 5.92 Å². The Hall–Kier alpha value is -1.59. The van der Waals surface area contributed by atoms with Crippen LogP contribution < -0.4 is 10.6 Å². The van der Waals surface area contributed by atoms with Gasteiger partial charge in [-0.05, 0) is 43.4 Å². The number of halogens is 1. The molecule has 23 heavy (non-hydrogen) atoms. The summed E-state index contributed by atoms with van der Waals surface area (Å²) in [4.78, 5) is 23.7. The van der Waals surface area contributed by atoms with Crippen molar-refractivity contribution in [3.63, 3.8) is 0 Å². The third-order valence-corrected chi connectivity index (χ3v) is 4.71. The lowest BCUT2D eigenvalue weighted by atomic mass is 9.85. The zero-order valence-electron chi connectivity index (χ0n) is 13.3. The van der Waals surface area contributed by atoms with E-state index in [1.54, 1.807) is 18.2 Å². The number of aliphatic hydroxyl groups excluding tert-OH is 1. The van der Waals surface area contributed by atoms with Crippen LogP contribution in [-0.4, -0.2) is 29.6 Å². The van der Waals surface area contributed by atoms with E-state index >= 15 is 0 Å². The van der Waals surface area contributed by atoms with E-state index in [2.05, 4.69) is 10.6 Å². The number of hydrogen-bond acceptors (Lipinski definition) is 3. The molecule has 1 aromatic carbocycles. The van der Waals surface area contributed by atoms with Crippen molar-refractivity contribution in [1.82, 2.24) is 5.32 Å². The zero-order chi connectivity index (χ0) is 16.8. The number of hydrogen-bond donors (Lipinski definition) is 3. The number of anilines is 1. The molecule has 1 aliphatic rings. The minimum absolute atomic E-state index is 0.103. The molecule has 0 spiro atoms. The van der Waals surface area contributed by atoms with Gasteiger partial charge in [0.1, 0.15) is 0 Å². The fourth-order valence-electron chi connectivity index (χ4n) is 2.82. The van der Waals surface area contributed by atoms with E-state index in [9.17, 15) is 14.7 Å². The van der Waals surface area contributed by atoms with Gasteiger partial charge in [-0.25, -0.2) is 0 Å². The highest BCUT2D eigenvalue weighted by Crippen LogP contribution is 2.26. The first kappa shape index (κ1) is 17.8. The van der Waals surface area contributed by atoms with Gasteiger partial charge in [-0.2, -0.15) is 0 Å². The summed E-state index contributed by atoms with van der Waals surface area (Å²) in [5.74, 6) is -1.31. The maximum atomic E-state index is 11.8. The van der Waals surface area contributed by atoms with E-state index < -0.39 is 17.9 Å². The highest BCUT2D eigenvalue weighted by molar-refractivity contribution is 6.39. The van der Waals surface area contributed by atoms with Crippen molar-refractivity contribution in [3.8, 4) is 0 Å². The number of aryl methyl sites for hydroxylation is 1. The molecule has 1 aromatic rings. The summed E-state index contributed by atoms with van der Waals surface area (Å²) in [7, 11) is 0. The molecular formula is C17H23ClN2O3. The number of rotatable bonds is 4. The first-order valence-electron chi connectivity index (χ1n) is 8.01. The summed E-state index contributed by atoms with van der Waals surface area (Å²) in [5.41, 5.74) is 1.36. The van der Waals surface area contributed by atoms with Crippen molar-refractivity contribution in [1.29, 1.82) is 0 Å². The average Bonchev–Trinajstić information content (AvgIpc) is 2.56. The maximum absolute atomic E-state index is 11.8. The Bertz CT molecular complexity index is 571. The van der Waals surface area contributed by atoms with Crippen molar-refractivity contribution >= 4 is 29.1 Å². The first-order valence-corrected chi connectivity index (χ1v) is 8.38. The number of carbonyl (C=O) groups excluding carboxylic acids is 2. The van der Waals surface area contributed by atoms with Crippen LogP contribution in [0.5, 0.6) is 0 Å². The monoisotopic (exact) mass is 338 g/mol. The highest BCUT2D eigenvalue weighted by atomic mass is 35.5. The number of aliphatic hydroxyl groups is 1. The molecule has 1 fully saturated rings. The molecule has 1 aliphatic carbocycles. The van der Waals surface area contributed by atoms with Crippen LogP contribution in [0.15, 0.2) is 18.2 Å². The standard InChI is InChI=1S/C17H23ClN2O3/c1-11-7-8-13(9-14(11)18)20-17(23)16(22)19-10-15(21)12-5-3-2-4-6-12/h7-9,12,15,21H,2-6,10H2,1H3,(H,19,22)(H,20,23)/t15-/m1/s1. The Kier molecular flexibility index (Phi) is 6.42. The van der Waals surface area contributed by atoms with Crippen LogP contribution in [0.4, 0.5) is 5.69 Å². The van der Waals surface area contributed by atoms with Gasteiger partial charge in [0.15, 0.2) is 0 Å². The molecule has 3 N–H and O–H groups in total. The molecule has 2 rings (SSSR count). The van der Waals surface area contributed by atoms with Crippen molar-refractivity contribution < 1.29 is 14.7 Å². The molecule has 0 radical (unpaired) electrons. The number of nitrogens with one attached hydrogen (secondary N) is 2. The summed E-state index contributed by atoms with van der Waals surface area (Å²) in [5, 5.41) is 15.6. The van der Waals surface area contributed by atoms with Gasteiger partial charge in [0.2, 0.25) is 0 Å². The summed E-state index contributed by atoms with van der Waals surface area (Å²) < 4.78 is 0. The third-order valence-electron chi connectivity index (χ3n) is 4.30. The molecule has 1 saturated carbocycles. The zero-order valence-corrected chi connectivity index (χ0v) is 14.0. The van der Waals surface area contributed by atoms with Gasteiger partial charge in [0, 0.05) is 17.3 Å². The van der Waals surface area contributed by atoms with Crippen molar-refractivity contribution in [2.75, 3.05) is 11.9 Å². The Labute approximate surface area is 141 Å². The van der Waals surface area contributed by atoms with E-state index in [4.69, 9.17) is 11.6 Å². The molecule has 0 unspecified atom stereocenters. The SMILES string of the molecule is Cc1ccc(NC(=O)C(=O)NC[C@@H](O)C2CCCCC2)cc1Cl. The Morgan fingerprint density at radius 1 is 1.26 bits per heavy atom. The lowest BCUT2D eigenvalue weighted by Gasteiger charge is -2.26. The molecule has 0 bridgehead atoms. The lowest BCUT2D eigenvalue weighted by molar-refractivity contribution is -0.136. The molecule has 2 amide bonds. The third kappa shape index (κ3) is 5.22. The quantitative estimate of drug-likeness (QED) is 0.738. The van der Waals surface area contributed by atoms with Crippen LogP contribution in [0.2, 0.25) is 5.02 Å². The van der Waals surface area contributed by atoms with Crippen molar-refractivity contribution in [3.05, 3.63) is 28.8 Å². The number of benzene rings is 1. The Morgan fingerprint density at radius 2 is 1.96 bits per heavy atom. The predicted molar refractivity (Wildman–Crippen MR) is 90.4 cm³/mol. The topological polar surface area (TPSA) is 78.4 Å². The van der Waals surface area contributed by atoms with Gasteiger partial charge in [0.05, 0.1) is 6.10 Å². The molecule has 0 aromatic heterocycles. The summed E-state index contributed by atoms with van der Waals surface area (Å²) in [6.45, 7) is 1.96. The van der Waals surface area contributed by atoms with Crippen LogP contribution >= 0.6 is 11.6 Å². The van der Waals surface area contributed by atoms with E-state index in [-0.39, 0.29) is 12.5 Å². The Morgan fingerprint density at radius 3 is 2.61 bits per heavy atom. The lowest BCUT2D eigenvalue weighted by Crippen LogP contribution is -2.42. The second kappa shape index (κ2) is 8.31. The molecule has 6 heteroatoms. The first-order chi connectivity index (χ1) is 11.0. The second-order valence-corrected chi connectivity index (χ2v) is 6.50. The largest absolute Gasteiger partial charge is 0.391 e. The van der Waals surface area contributed by atoms with Gasteiger partial charge in [-0.1, -0.05) is 36.9 Å². The highest BCUT2D eigenvalue weighted by Gasteiger charge is 2.23. The summed E-state index contributed by atoms with van der Waals surface area (Å²) >= 11 is 5.98. The molecule has 126 valence electrons. The average molecular weight is 339 g/mol. The van der Waals surface area contributed by atoms with Crippen LogP contribution in [0.25, 0.3) is 0 Å². The van der Waals surface area contributed by atoms with Gasteiger partial charge < -0.3 is 15.7 Å². The molecule has 1 atom stereocenters. The smallest absolute Gasteiger partial charge is 0.313 e. The fourth-order valence-corrected chi connectivity index (χ4v) is 3.00. The van der Waals surface area contributed by atoms with Gasteiger partial charge in [0.25, 0.3) is 0 Å². The Balaban J connectivity index is 1.80. The molecule has 0 heterocycles. The van der Waals surface area contributed by atoms with E-state index in [1.807, 2.05) is 6.92 Å². The molecule has 5 nitrogen and oxygen atoms in total. The van der Waals surface area contributed by atoms with Crippen molar-refractivity contribution in [2.45, 2.75) is 45.1 Å². The van der Waals surface area contributed by atoms with Crippen LogP contribution in [-0.2, 0) is 9.59 Å².